The van der Waals surface area contributed by atoms with Crippen molar-refractivity contribution in [3.8, 4) is 5.75 Å². The molecule has 0 unspecified atom stereocenters. The molecule has 17 heavy (non-hydrogen) atoms. The van der Waals surface area contributed by atoms with Gasteiger partial charge in [-0.3, -0.25) is 0 Å². The average molecular weight is 257 g/mol. The van der Waals surface area contributed by atoms with Gasteiger partial charge in [-0.05, 0) is 24.6 Å². The molecule has 0 amide bonds. The van der Waals surface area contributed by atoms with Crippen LogP contribution in [0, 0.1) is 6.92 Å². The van der Waals surface area contributed by atoms with E-state index in [1.165, 1.54) is 13.2 Å². The number of hydrogen-bond acceptors (Lipinski definition) is 4. The summed E-state index contributed by atoms with van der Waals surface area (Å²) in [5, 5.41) is 0. The molecule has 0 saturated heterocycles. The predicted octanol–water partition coefficient (Wildman–Crippen LogP) is 0.871. The second-order valence-corrected chi connectivity index (χ2v) is 5.24. The maximum Gasteiger partial charge on any atom is 0.244 e. The lowest BCUT2D eigenvalue weighted by atomic mass is 10.2. The van der Waals surface area contributed by atoms with Crippen LogP contribution in [0.2, 0.25) is 0 Å². The molecule has 0 heterocycles. The molecule has 0 aliphatic heterocycles. The Morgan fingerprint density at radius 3 is 2.71 bits per heavy atom. The van der Waals surface area contributed by atoms with Crippen LogP contribution in [-0.2, 0) is 14.8 Å². The van der Waals surface area contributed by atoms with Crippen LogP contribution in [0.5, 0.6) is 5.75 Å². The molecule has 1 rings (SSSR count). The lowest BCUT2D eigenvalue weighted by Gasteiger charge is -2.10. The highest BCUT2D eigenvalue weighted by molar-refractivity contribution is 7.89. The highest BCUT2D eigenvalue weighted by Crippen LogP contribution is 2.24. The van der Waals surface area contributed by atoms with Gasteiger partial charge in [0.2, 0.25) is 10.0 Å². The number of hydrogen-bond donors (Lipinski definition) is 1. The van der Waals surface area contributed by atoms with Crippen molar-refractivity contribution >= 4 is 16.3 Å². The summed E-state index contributed by atoms with van der Waals surface area (Å²) >= 11 is 0. The molecule has 0 spiro atoms. The van der Waals surface area contributed by atoms with Crippen molar-refractivity contribution in [1.29, 1.82) is 0 Å². The van der Waals surface area contributed by atoms with E-state index in [0.717, 1.165) is 5.56 Å². The van der Waals surface area contributed by atoms with Crippen LogP contribution >= 0.6 is 0 Å². The van der Waals surface area contributed by atoms with Gasteiger partial charge in [-0.2, -0.15) is 0 Å². The van der Waals surface area contributed by atoms with E-state index in [4.69, 9.17) is 4.74 Å². The van der Waals surface area contributed by atoms with Crippen molar-refractivity contribution in [2.75, 3.05) is 13.7 Å². The zero-order valence-electron chi connectivity index (χ0n) is 9.76. The van der Waals surface area contributed by atoms with Gasteiger partial charge in [-0.15, -0.1) is 0 Å². The van der Waals surface area contributed by atoms with Crippen LogP contribution in [0.25, 0.3) is 0 Å². The molecule has 0 atom stereocenters. The van der Waals surface area contributed by atoms with E-state index in [9.17, 15) is 13.2 Å². The molecule has 1 N–H and O–H groups in total. The fraction of sp³-hybridized carbons (Fsp3) is 0.364. The Hall–Kier alpha value is -1.40. The standard InChI is InChI=1S/C11H15NO4S/c1-9-4-5-10(16-2)11(8-9)17(14,15)12-6-3-7-13/h4-5,7-8,12H,3,6H2,1-2H3. The van der Waals surface area contributed by atoms with E-state index >= 15 is 0 Å². The number of carbonyl (C=O) groups is 1. The van der Waals surface area contributed by atoms with Crippen molar-refractivity contribution in [2.45, 2.75) is 18.2 Å². The number of carbonyl (C=O) groups excluding carboxylic acids is 1. The molecule has 0 fully saturated rings. The van der Waals surface area contributed by atoms with Crippen molar-refractivity contribution in [3.05, 3.63) is 23.8 Å². The number of sulfonamides is 1. The van der Waals surface area contributed by atoms with Gasteiger partial charge in [0.25, 0.3) is 0 Å². The van der Waals surface area contributed by atoms with Gasteiger partial charge in [0.05, 0.1) is 7.11 Å². The monoisotopic (exact) mass is 257 g/mol. The summed E-state index contributed by atoms with van der Waals surface area (Å²) in [4.78, 5) is 10.2. The minimum Gasteiger partial charge on any atom is -0.495 e. The molecule has 6 heteroatoms. The number of aryl methyl sites for hydroxylation is 1. The quantitative estimate of drug-likeness (QED) is 0.606. The Bertz CT molecular complexity index is 496. The van der Waals surface area contributed by atoms with E-state index < -0.39 is 10.0 Å². The largest absolute Gasteiger partial charge is 0.495 e. The van der Waals surface area contributed by atoms with Crippen molar-refractivity contribution < 1.29 is 17.9 Å². The summed E-state index contributed by atoms with van der Waals surface area (Å²) in [7, 11) is -2.22. The fourth-order valence-electron chi connectivity index (χ4n) is 1.32. The molecule has 1 aromatic carbocycles. The van der Waals surface area contributed by atoms with Crippen molar-refractivity contribution in [1.82, 2.24) is 4.72 Å². The van der Waals surface area contributed by atoms with Gasteiger partial charge in [-0.1, -0.05) is 6.07 Å². The van der Waals surface area contributed by atoms with E-state index in [1.807, 2.05) is 0 Å². The summed E-state index contributed by atoms with van der Waals surface area (Å²) in [6.45, 7) is 1.88. The number of methoxy groups -OCH3 is 1. The third-order valence-electron chi connectivity index (χ3n) is 2.16. The normalized spacial score (nSPS) is 11.2. The van der Waals surface area contributed by atoms with Gasteiger partial charge >= 0.3 is 0 Å². The first kappa shape index (κ1) is 13.7. The van der Waals surface area contributed by atoms with Gasteiger partial charge in [0.15, 0.2) is 0 Å². The lowest BCUT2D eigenvalue weighted by Crippen LogP contribution is -2.25. The van der Waals surface area contributed by atoms with Crippen molar-refractivity contribution in [3.63, 3.8) is 0 Å². The number of benzene rings is 1. The van der Waals surface area contributed by atoms with Gasteiger partial charge in [-0.25, -0.2) is 13.1 Å². The Balaban J connectivity index is 3.04. The minimum atomic E-state index is -3.63. The number of nitrogens with one attached hydrogen (secondary N) is 1. The Morgan fingerprint density at radius 1 is 1.41 bits per heavy atom. The minimum absolute atomic E-state index is 0.0862. The second kappa shape index (κ2) is 5.79. The summed E-state index contributed by atoms with van der Waals surface area (Å²) in [5.74, 6) is 0.286. The van der Waals surface area contributed by atoms with Gasteiger partial charge in [0.1, 0.15) is 16.9 Å². The van der Waals surface area contributed by atoms with Crippen LogP contribution in [0.4, 0.5) is 0 Å². The summed E-state index contributed by atoms with van der Waals surface area (Å²) in [6, 6.07) is 4.90. The van der Waals surface area contributed by atoms with E-state index in [1.54, 1.807) is 19.1 Å². The lowest BCUT2D eigenvalue weighted by molar-refractivity contribution is -0.107. The van der Waals surface area contributed by atoms with Crippen LogP contribution in [0.3, 0.4) is 0 Å². The number of aldehydes is 1. The zero-order valence-corrected chi connectivity index (χ0v) is 10.6. The summed E-state index contributed by atoms with van der Waals surface area (Å²) in [6.07, 6.45) is 0.809. The predicted molar refractivity (Wildman–Crippen MR) is 63.6 cm³/mol. The van der Waals surface area contributed by atoms with Crippen LogP contribution in [-0.4, -0.2) is 28.4 Å². The molecule has 0 aromatic heterocycles. The zero-order chi connectivity index (χ0) is 12.9. The summed E-state index contributed by atoms with van der Waals surface area (Å²) in [5.41, 5.74) is 0.821. The van der Waals surface area contributed by atoms with Gasteiger partial charge < -0.3 is 9.53 Å². The molecule has 94 valence electrons. The number of rotatable bonds is 6. The van der Waals surface area contributed by atoms with Crippen LogP contribution < -0.4 is 9.46 Å². The Labute approximate surface area is 101 Å². The average Bonchev–Trinajstić information content (AvgIpc) is 2.29. The van der Waals surface area contributed by atoms with E-state index in [-0.39, 0.29) is 23.6 Å². The molecule has 0 bridgehead atoms. The molecule has 0 saturated carbocycles. The maximum absolute atomic E-state index is 11.9. The summed E-state index contributed by atoms with van der Waals surface area (Å²) < 4.78 is 31.2. The molecule has 1 aromatic rings. The highest BCUT2D eigenvalue weighted by atomic mass is 32.2. The SMILES string of the molecule is COc1ccc(C)cc1S(=O)(=O)NCCC=O. The second-order valence-electron chi connectivity index (χ2n) is 3.51. The molecular formula is C11H15NO4S. The third kappa shape index (κ3) is 3.54. The molecule has 0 radical (unpaired) electrons. The molecular weight excluding hydrogens is 242 g/mol. The molecule has 0 aliphatic rings. The Kier molecular flexibility index (Phi) is 4.65. The fourth-order valence-corrected chi connectivity index (χ4v) is 2.62. The maximum atomic E-state index is 11.9. The first-order valence-electron chi connectivity index (χ1n) is 5.09. The smallest absolute Gasteiger partial charge is 0.244 e. The van der Waals surface area contributed by atoms with Crippen molar-refractivity contribution in [2.24, 2.45) is 0 Å². The molecule has 0 aliphatic carbocycles. The molecule has 5 nitrogen and oxygen atoms in total. The number of ether oxygens (including phenoxy) is 1. The van der Waals surface area contributed by atoms with Crippen LogP contribution in [0.15, 0.2) is 23.1 Å². The van der Waals surface area contributed by atoms with E-state index in [2.05, 4.69) is 4.72 Å². The Morgan fingerprint density at radius 2 is 2.12 bits per heavy atom. The van der Waals surface area contributed by atoms with Gasteiger partial charge in [0, 0.05) is 13.0 Å². The first-order chi connectivity index (χ1) is 8.01. The first-order valence-corrected chi connectivity index (χ1v) is 6.57. The van der Waals surface area contributed by atoms with Crippen LogP contribution in [0.1, 0.15) is 12.0 Å². The highest BCUT2D eigenvalue weighted by Gasteiger charge is 2.18. The van der Waals surface area contributed by atoms with E-state index in [0.29, 0.717) is 6.29 Å². The topological polar surface area (TPSA) is 72.5 Å². The third-order valence-corrected chi connectivity index (χ3v) is 3.65.